The van der Waals surface area contributed by atoms with E-state index in [-0.39, 0.29) is 5.91 Å². The van der Waals surface area contributed by atoms with Crippen molar-refractivity contribution in [1.29, 1.82) is 0 Å². The number of hydrogen-bond acceptors (Lipinski definition) is 5. The van der Waals surface area contributed by atoms with Crippen molar-refractivity contribution in [2.75, 3.05) is 18.6 Å². The van der Waals surface area contributed by atoms with Crippen molar-refractivity contribution in [2.24, 2.45) is 0 Å². The van der Waals surface area contributed by atoms with Crippen LogP contribution in [0.4, 0.5) is 10.2 Å². The number of amides is 1. The maximum atomic E-state index is 12.1. The van der Waals surface area contributed by atoms with Gasteiger partial charge >= 0.3 is 0 Å². The van der Waals surface area contributed by atoms with Crippen LogP contribution in [0.1, 0.15) is 12.0 Å². The molecule has 2 heterocycles. The van der Waals surface area contributed by atoms with Crippen LogP contribution in [0.25, 0.3) is 17.5 Å². The minimum absolute atomic E-state index is 0.303. The van der Waals surface area contributed by atoms with Crippen LogP contribution in [-0.2, 0) is 4.79 Å². The number of anilines is 1. The highest BCUT2D eigenvalue weighted by Gasteiger charge is 2.04. The van der Waals surface area contributed by atoms with E-state index in [1.807, 2.05) is 12.1 Å². The summed E-state index contributed by atoms with van der Waals surface area (Å²) < 4.78 is 17.5. The molecule has 0 radical (unpaired) electrons. The molecule has 6 nitrogen and oxygen atoms in total. The first-order valence-corrected chi connectivity index (χ1v) is 8.76. The highest BCUT2D eigenvalue weighted by Crippen LogP contribution is 2.15. The van der Waals surface area contributed by atoms with Gasteiger partial charge in [0.2, 0.25) is 5.91 Å². The van der Waals surface area contributed by atoms with Crippen molar-refractivity contribution in [1.82, 2.24) is 15.0 Å². The standard InChI is InChI=1S/C21H19FN4O2/c22-11-1-15-28-18-5-2-16(3-6-18)4-7-20(27)25-19-10-14-24-21(26-19)17-8-12-23-13-9-17/h2-10,12-14H,1,11,15H2,(H,24,25,26,27). The smallest absolute Gasteiger partial charge is 0.249 e. The molecule has 0 saturated heterocycles. The summed E-state index contributed by atoms with van der Waals surface area (Å²) in [5, 5.41) is 2.72. The molecule has 2 aromatic heterocycles. The highest BCUT2D eigenvalue weighted by molar-refractivity contribution is 6.01. The van der Waals surface area contributed by atoms with E-state index in [4.69, 9.17) is 4.74 Å². The Bertz CT molecular complexity index is 931. The second-order valence-corrected chi connectivity index (χ2v) is 5.78. The first kappa shape index (κ1) is 19.2. The summed E-state index contributed by atoms with van der Waals surface area (Å²) in [6, 6.07) is 12.4. The van der Waals surface area contributed by atoms with Crippen molar-refractivity contribution >= 4 is 17.8 Å². The van der Waals surface area contributed by atoms with Crippen LogP contribution in [0.2, 0.25) is 0 Å². The Morgan fingerprint density at radius 3 is 2.61 bits per heavy atom. The van der Waals surface area contributed by atoms with Gasteiger partial charge in [0.05, 0.1) is 13.3 Å². The Labute approximate surface area is 162 Å². The lowest BCUT2D eigenvalue weighted by molar-refractivity contribution is -0.111. The lowest BCUT2D eigenvalue weighted by atomic mass is 10.2. The fourth-order valence-corrected chi connectivity index (χ4v) is 2.33. The third-order valence-corrected chi connectivity index (χ3v) is 3.70. The topological polar surface area (TPSA) is 77.0 Å². The predicted octanol–water partition coefficient (Wildman–Crippen LogP) is 3.93. The van der Waals surface area contributed by atoms with E-state index in [9.17, 15) is 9.18 Å². The van der Waals surface area contributed by atoms with Crippen LogP contribution in [0.15, 0.2) is 67.1 Å². The fraction of sp³-hybridized carbons (Fsp3) is 0.143. The second kappa shape index (κ2) is 9.91. The molecule has 0 fully saturated rings. The zero-order valence-corrected chi connectivity index (χ0v) is 15.1. The summed E-state index contributed by atoms with van der Waals surface area (Å²) in [5.41, 5.74) is 1.66. The van der Waals surface area contributed by atoms with Gasteiger partial charge in [-0.3, -0.25) is 14.2 Å². The lowest BCUT2D eigenvalue weighted by Gasteiger charge is -2.05. The van der Waals surface area contributed by atoms with Crippen LogP contribution in [0.5, 0.6) is 5.75 Å². The van der Waals surface area contributed by atoms with Crippen molar-refractivity contribution in [3.63, 3.8) is 0 Å². The SMILES string of the molecule is O=C(C=Cc1ccc(OCCCF)cc1)Nc1ccnc(-c2ccncc2)n1. The van der Waals surface area contributed by atoms with E-state index in [1.165, 1.54) is 6.08 Å². The molecule has 0 atom stereocenters. The molecular formula is C21H19FN4O2. The number of aromatic nitrogens is 3. The molecule has 0 unspecified atom stereocenters. The van der Waals surface area contributed by atoms with Gasteiger partial charge < -0.3 is 10.1 Å². The van der Waals surface area contributed by atoms with Gasteiger partial charge in [-0.05, 0) is 42.0 Å². The van der Waals surface area contributed by atoms with Gasteiger partial charge in [-0.1, -0.05) is 12.1 Å². The van der Waals surface area contributed by atoms with Crippen molar-refractivity contribution in [2.45, 2.75) is 6.42 Å². The number of hydrogen-bond donors (Lipinski definition) is 1. The van der Waals surface area contributed by atoms with E-state index in [1.54, 1.807) is 55.0 Å². The first-order valence-electron chi connectivity index (χ1n) is 8.76. The number of pyridine rings is 1. The zero-order valence-electron chi connectivity index (χ0n) is 15.1. The monoisotopic (exact) mass is 378 g/mol. The second-order valence-electron chi connectivity index (χ2n) is 5.78. The van der Waals surface area contributed by atoms with Gasteiger partial charge in [-0.2, -0.15) is 0 Å². The molecule has 3 rings (SSSR count). The highest BCUT2D eigenvalue weighted by atomic mass is 19.1. The lowest BCUT2D eigenvalue weighted by Crippen LogP contribution is -2.09. The van der Waals surface area contributed by atoms with Crippen molar-refractivity contribution < 1.29 is 13.9 Å². The number of ether oxygens (including phenoxy) is 1. The summed E-state index contributed by atoms with van der Waals surface area (Å²) in [6.45, 7) is -0.0547. The van der Waals surface area contributed by atoms with Gasteiger partial charge in [-0.25, -0.2) is 9.97 Å². The molecule has 0 aliphatic rings. The molecule has 3 aromatic rings. The van der Waals surface area contributed by atoms with E-state index in [0.717, 1.165) is 11.1 Å². The molecule has 142 valence electrons. The first-order chi connectivity index (χ1) is 13.7. The van der Waals surface area contributed by atoms with E-state index < -0.39 is 6.67 Å². The number of carbonyl (C=O) groups excluding carboxylic acids is 1. The van der Waals surface area contributed by atoms with Crippen LogP contribution < -0.4 is 10.1 Å². The van der Waals surface area contributed by atoms with Gasteiger partial charge in [0.15, 0.2) is 5.82 Å². The van der Waals surface area contributed by atoms with Gasteiger partial charge in [-0.15, -0.1) is 0 Å². The average molecular weight is 378 g/mol. The number of carbonyl (C=O) groups is 1. The molecule has 0 saturated carbocycles. The normalized spacial score (nSPS) is 10.8. The Balaban J connectivity index is 1.58. The third-order valence-electron chi connectivity index (χ3n) is 3.70. The van der Waals surface area contributed by atoms with Gasteiger partial charge in [0, 0.05) is 36.7 Å². The van der Waals surface area contributed by atoms with Crippen molar-refractivity contribution in [3.05, 3.63) is 72.7 Å². The number of nitrogens with zero attached hydrogens (tertiary/aromatic N) is 3. The van der Waals surface area contributed by atoms with Gasteiger partial charge in [0.1, 0.15) is 11.6 Å². The number of alkyl halides is 1. The quantitative estimate of drug-likeness (QED) is 0.475. The number of benzene rings is 1. The van der Waals surface area contributed by atoms with E-state index in [0.29, 0.717) is 30.4 Å². The zero-order chi connectivity index (χ0) is 19.6. The van der Waals surface area contributed by atoms with E-state index >= 15 is 0 Å². The molecule has 1 amide bonds. The Hall–Kier alpha value is -3.61. The van der Waals surface area contributed by atoms with Crippen LogP contribution >= 0.6 is 0 Å². The summed E-state index contributed by atoms with van der Waals surface area (Å²) in [4.78, 5) is 24.6. The van der Waals surface area contributed by atoms with Crippen LogP contribution in [0, 0.1) is 0 Å². The molecule has 0 bridgehead atoms. The third kappa shape index (κ3) is 5.70. The van der Waals surface area contributed by atoms with Gasteiger partial charge in [0.25, 0.3) is 0 Å². The molecule has 7 heteroatoms. The van der Waals surface area contributed by atoms with E-state index in [2.05, 4.69) is 20.3 Å². The summed E-state index contributed by atoms with van der Waals surface area (Å²) >= 11 is 0. The number of halogens is 1. The molecule has 1 N–H and O–H groups in total. The Morgan fingerprint density at radius 1 is 1.07 bits per heavy atom. The predicted molar refractivity (Wildman–Crippen MR) is 105 cm³/mol. The molecule has 0 aliphatic heterocycles. The van der Waals surface area contributed by atoms with Crippen molar-refractivity contribution in [3.8, 4) is 17.1 Å². The Kier molecular flexibility index (Phi) is 6.78. The molecule has 1 aromatic carbocycles. The molecular weight excluding hydrogens is 359 g/mol. The summed E-state index contributed by atoms with van der Waals surface area (Å²) in [6.07, 6.45) is 8.38. The fourth-order valence-electron chi connectivity index (χ4n) is 2.33. The minimum atomic E-state index is -0.397. The Morgan fingerprint density at radius 2 is 1.86 bits per heavy atom. The molecule has 0 spiro atoms. The van der Waals surface area contributed by atoms with Crippen LogP contribution in [-0.4, -0.2) is 34.1 Å². The molecule has 0 aliphatic carbocycles. The van der Waals surface area contributed by atoms with Crippen LogP contribution in [0.3, 0.4) is 0 Å². The maximum Gasteiger partial charge on any atom is 0.249 e. The molecule has 28 heavy (non-hydrogen) atoms. The number of nitrogens with one attached hydrogen (secondary N) is 1. The average Bonchev–Trinajstić information content (AvgIpc) is 2.74. The number of rotatable bonds is 8. The minimum Gasteiger partial charge on any atom is -0.493 e. The summed E-state index contributed by atoms with van der Waals surface area (Å²) in [7, 11) is 0. The largest absolute Gasteiger partial charge is 0.493 e. The summed E-state index contributed by atoms with van der Waals surface area (Å²) in [5.74, 6) is 1.28. The maximum absolute atomic E-state index is 12.1.